The highest BCUT2D eigenvalue weighted by atomic mass is 16.5. The number of carbonyl (C=O) groups is 1. The van der Waals surface area contributed by atoms with E-state index >= 15 is 0 Å². The van der Waals surface area contributed by atoms with E-state index in [1.54, 1.807) is 57.7 Å². The van der Waals surface area contributed by atoms with E-state index in [9.17, 15) is 4.79 Å². The summed E-state index contributed by atoms with van der Waals surface area (Å²) in [5, 5.41) is 14.2. The van der Waals surface area contributed by atoms with Gasteiger partial charge in [-0.05, 0) is 31.2 Å². The van der Waals surface area contributed by atoms with Crippen LogP contribution >= 0.6 is 0 Å². The fraction of sp³-hybridized carbons (Fsp3) is 0.200. The summed E-state index contributed by atoms with van der Waals surface area (Å²) < 4.78 is 16.0. The average Bonchev–Trinajstić information content (AvgIpc) is 2.73. The highest BCUT2D eigenvalue weighted by molar-refractivity contribution is 5.94. The summed E-state index contributed by atoms with van der Waals surface area (Å²) in [6.45, 7) is 1.53. The topological polar surface area (TPSA) is 107 Å². The normalized spacial score (nSPS) is 10.2. The maximum absolute atomic E-state index is 11.4. The van der Waals surface area contributed by atoms with Gasteiger partial charge in [-0.2, -0.15) is 10.1 Å². The molecule has 9 nitrogen and oxygen atoms in total. The Morgan fingerprint density at radius 1 is 0.897 bits per heavy atom. The van der Waals surface area contributed by atoms with Gasteiger partial charge in [0.2, 0.25) is 11.7 Å². The number of hydrogen-bond acceptors (Lipinski definition) is 9. The minimum absolute atomic E-state index is 0.0112. The Morgan fingerprint density at radius 2 is 1.55 bits per heavy atom. The monoisotopic (exact) mass is 395 g/mol. The van der Waals surface area contributed by atoms with Gasteiger partial charge in [0.25, 0.3) is 0 Å². The molecule has 0 aliphatic rings. The maximum atomic E-state index is 11.4. The molecule has 3 aromatic rings. The number of anilines is 4. The Bertz CT molecular complexity index is 983. The fourth-order valence-electron chi connectivity index (χ4n) is 2.64. The standard InChI is InChI=1S/C20H21N5O4/c1-12(26)13-5-7-14(8-6-13)22-18-11-21-25-20(24-18)23-15-9-16(27-2)19(29-4)17(10-15)28-3/h5-11H,1-4H3,(H2,22,23,24,25). The van der Waals surface area contributed by atoms with Crippen LogP contribution in [0, 0.1) is 0 Å². The third-order valence-electron chi connectivity index (χ3n) is 4.04. The lowest BCUT2D eigenvalue weighted by atomic mass is 10.1. The van der Waals surface area contributed by atoms with Gasteiger partial charge < -0.3 is 24.8 Å². The second-order valence-corrected chi connectivity index (χ2v) is 5.96. The van der Waals surface area contributed by atoms with E-state index in [0.717, 1.165) is 5.69 Å². The highest BCUT2D eigenvalue weighted by Gasteiger charge is 2.14. The summed E-state index contributed by atoms with van der Waals surface area (Å²) in [7, 11) is 4.63. The van der Waals surface area contributed by atoms with Crippen molar-refractivity contribution < 1.29 is 19.0 Å². The number of ketones is 1. The summed E-state index contributed by atoms with van der Waals surface area (Å²) >= 11 is 0. The molecule has 0 aliphatic heterocycles. The van der Waals surface area contributed by atoms with Crippen LogP contribution in [0.5, 0.6) is 17.2 Å². The number of nitrogens with zero attached hydrogens (tertiary/aromatic N) is 3. The van der Waals surface area contributed by atoms with Crippen LogP contribution in [-0.4, -0.2) is 42.3 Å². The zero-order valence-corrected chi connectivity index (χ0v) is 16.5. The predicted octanol–water partition coefficient (Wildman–Crippen LogP) is 3.59. The molecule has 0 amide bonds. The molecule has 0 radical (unpaired) electrons. The van der Waals surface area contributed by atoms with Crippen LogP contribution in [0.15, 0.2) is 42.6 Å². The first-order valence-corrected chi connectivity index (χ1v) is 8.69. The first-order chi connectivity index (χ1) is 14.0. The molecule has 0 fully saturated rings. The Hall–Kier alpha value is -3.88. The number of nitrogens with one attached hydrogen (secondary N) is 2. The van der Waals surface area contributed by atoms with Crippen molar-refractivity contribution in [3.63, 3.8) is 0 Å². The number of aromatic nitrogens is 3. The molecular formula is C20H21N5O4. The van der Waals surface area contributed by atoms with E-state index in [1.807, 2.05) is 0 Å². The number of carbonyl (C=O) groups excluding carboxylic acids is 1. The lowest BCUT2D eigenvalue weighted by Crippen LogP contribution is -2.03. The minimum atomic E-state index is 0.0112. The van der Waals surface area contributed by atoms with Crippen LogP contribution in [0.3, 0.4) is 0 Å². The summed E-state index contributed by atoms with van der Waals surface area (Å²) in [6.07, 6.45) is 1.50. The zero-order chi connectivity index (χ0) is 20.8. The number of benzene rings is 2. The lowest BCUT2D eigenvalue weighted by Gasteiger charge is -2.14. The number of Topliss-reactive ketones (excluding diaryl/α,β-unsaturated/α-hetero) is 1. The van der Waals surface area contributed by atoms with Gasteiger partial charge in [0.05, 0.1) is 27.5 Å². The summed E-state index contributed by atoms with van der Waals surface area (Å²) in [4.78, 5) is 15.8. The van der Waals surface area contributed by atoms with Crippen molar-refractivity contribution >= 4 is 28.9 Å². The SMILES string of the molecule is COc1cc(Nc2nncc(Nc3ccc(C(C)=O)cc3)n2)cc(OC)c1OC. The molecule has 0 atom stereocenters. The minimum Gasteiger partial charge on any atom is -0.493 e. The van der Waals surface area contributed by atoms with Gasteiger partial charge in [0, 0.05) is 29.1 Å². The Balaban J connectivity index is 1.80. The molecule has 0 bridgehead atoms. The Morgan fingerprint density at radius 3 is 2.10 bits per heavy atom. The molecule has 0 unspecified atom stereocenters. The van der Waals surface area contributed by atoms with Crippen LogP contribution in [-0.2, 0) is 0 Å². The first kappa shape index (κ1) is 19.9. The number of hydrogen-bond donors (Lipinski definition) is 2. The number of methoxy groups -OCH3 is 3. The van der Waals surface area contributed by atoms with Crippen LogP contribution in [0.25, 0.3) is 0 Å². The maximum Gasteiger partial charge on any atom is 0.249 e. The van der Waals surface area contributed by atoms with Crippen LogP contribution in [0.4, 0.5) is 23.1 Å². The van der Waals surface area contributed by atoms with Crippen LogP contribution in [0.1, 0.15) is 17.3 Å². The Labute approximate surface area is 168 Å². The molecule has 1 aromatic heterocycles. The average molecular weight is 395 g/mol. The van der Waals surface area contributed by atoms with Gasteiger partial charge >= 0.3 is 0 Å². The van der Waals surface area contributed by atoms with E-state index in [-0.39, 0.29) is 11.7 Å². The van der Waals surface area contributed by atoms with Gasteiger partial charge in [-0.3, -0.25) is 4.79 Å². The van der Waals surface area contributed by atoms with E-state index in [4.69, 9.17) is 14.2 Å². The third kappa shape index (κ3) is 4.70. The van der Waals surface area contributed by atoms with Gasteiger partial charge in [0.15, 0.2) is 23.1 Å². The van der Waals surface area contributed by atoms with Crippen molar-refractivity contribution in [2.24, 2.45) is 0 Å². The molecule has 0 aliphatic carbocycles. The second-order valence-electron chi connectivity index (χ2n) is 5.96. The molecule has 2 N–H and O–H groups in total. The van der Waals surface area contributed by atoms with Crippen LogP contribution in [0.2, 0.25) is 0 Å². The van der Waals surface area contributed by atoms with Crippen molar-refractivity contribution in [3.05, 3.63) is 48.2 Å². The van der Waals surface area contributed by atoms with Gasteiger partial charge in [0.1, 0.15) is 0 Å². The molecule has 0 spiro atoms. The molecule has 0 saturated heterocycles. The third-order valence-corrected chi connectivity index (χ3v) is 4.04. The lowest BCUT2D eigenvalue weighted by molar-refractivity contribution is 0.101. The molecular weight excluding hydrogens is 374 g/mol. The summed E-state index contributed by atoms with van der Waals surface area (Å²) in [5.41, 5.74) is 2.06. The largest absolute Gasteiger partial charge is 0.493 e. The van der Waals surface area contributed by atoms with E-state index in [0.29, 0.717) is 34.3 Å². The first-order valence-electron chi connectivity index (χ1n) is 8.69. The van der Waals surface area contributed by atoms with Crippen molar-refractivity contribution in [2.75, 3.05) is 32.0 Å². The molecule has 2 aromatic carbocycles. The van der Waals surface area contributed by atoms with Gasteiger partial charge in [-0.25, -0.2) is 0 Å². The summed E-state index contributed by atoms with van der Waals surface area (Å²) in [5.74, 6) is 2.28. The summed E-state index contributed by atoms with van der Waals surface area (Å²) in [6, 6.07) is 10.6. The van der Waals surface area contributed by atoms with Gasteiger partial charge in [-0.15, -0.1) is 5.10 Å². The number of ether oxygens (including phenoxy) is 3. The molecule has 1 heterocycles. The molecule has 0 saturated carbocycles. The van der Waals surface area contributed by atoms with E-state index in [1.165, 1.54) is 13.1 Å². The molecule has 9 heteroatoms. The van der Waals surface area contributed by atoms with Crippen LogP contribution < -0.4 is 24.8 Å². The fourth-order valence-corrected chi connectivity index (χ4v) is 2.64. The van der Waals surface area contributed by atoms with Crippen molar-refractivity contribution in [3.8, 4) is 17.2 Å². The van der Waals surface area contributed by atoms with Crippen molar-refractivity contribution in [2.45, 2.75) is 6.92 Å². The smallest absolute Gasteiger partial charge is 0.249 e. The number of rotatable bonds is 8. The van der Waals surface area contributed by atoms with Gasteiger partial charge in [-0.1, -0.05) is 0 Å². The van der Waals surface area contributed by atoms with E-state index in [2.05, 4.69) is 25.8 Å². The Kier molecular flexibility index (Phi) is 6.08. The zero-order valence-electron chi connectivity index (χ0n) is 16.5. The second kappa shape index (κ2) is 8.87. The molecule has 29 heavy (non-hydrogen) atoms. The quantitative estimate of drug-likeness (QED) is 0.553. The molecule has 3 rings (SSSR count). The highest BCUT2D eigenvalue weighted by Crippen LogP contribution is 2.40. The van der Waals surface area contributed by atoms with E-state index < -0.39 is 0 Å². The molecule has 150 valence electrons. The van der Waals surface area contributed by atoms with Crippen molar-refractivity contribution in [1.82, 2.24) is 15.2 Å². The van der Waals surface area contributed by atoms with Crippen molar-refractivity contribution in [1.29, 1.82) is 0 Å². The predicted molar refractivity (Wildman–Crippen MR) is 109 cm³/mol.